The molecule has 11 heteroatoms. The van der Waals surface area contributed by atoms with E-state index in [9.17, 15) is 14.4 Å². The lowest BCUT2D eigenvalue weighted by Crippen LogP contribution is -2.48. The molecule has 0 saturated carbocycles. The van der Waals surface area contributed by atoms with Crippen LogP contribution in [0.25, 0.3) is 0 Å². The van der Waals surface area contributed by atoms with Gasteiger partial charge in [-0.1, -0.05) is 0 Å². The number of carboxylic acid groups (broad SMARTS) is 3. The Labute approximate surface area is 154 Å². The minimum atomic E-state index is -0.955. The molecule has 0 amide bonds. The van der Waals surface area contributed by atoms with Crippen LogP contribution in [0.15, 0.2) is 0 Å². The zero-order valence-corrected chi connectivity index (χ0v) is 15.3. The average Bonchev–Trinajstić information content (AvgIpc) is 2.53. The van der Waals surface area contributed by atoms with Crippen molar-refractivity contribution in [1.29, 1.82) is 0 Å². The molecule has 26 heavy (non-hydrogen) atoms. The Balaban J connectivity index is 2.82. The van der Waals surface area contributed by atoms with Gasteiger partial charge in [0.05, 0.1) is 19.6 Å². The Morgan fingerprint density at radius 1 is 0.577 bits per heavy atom. The van der Waals surface area contributed by atoms with Gasteiger partial charge in [-0.25, -0.2) is 0 Å². The summed E-state index contributed by atoms with van der Waals surface area (Å²) in [6, 6.07) is 0. The average molecular weight is 372 g/mol. The normalized spacial score (nSPS) is 20.2. The minimum Gasteiger partial charge on any atom is -0.480 e. The Hall–Kier alpha value is -1.69. The van der Waals surface area contributed by atoms with Crippen LogP contribution in [0.1, 0.15) is 0 Å². The van der Waals surface area contributed by atoms with Crippen molar-refractivity contribution in [3.8, 4) is 0 Å². The van der Waals surface area contributed by atoms with E-state index in [4.69, 9.17) is 15.3 Å². The van der Waals surface area contributed by atoms with Crippen LogP contribution < -0.4 is 0 Å². The summed E-state index contributed by atoms with van der Waals surface area (Å²) in [5, 5.41) is 27.2. The molecule has 0 aliphatic carbocycles. The second kappa shape index (κ2) is 11.8. The first-order valence-electron chi connectivity index (χ1n) is 8.85. The molecule has 1 aliphatic heterocycles. The Kier molecular flexibility index (Phi) is 10.2. The largest absolute Gasteiger partial charge is 0.480 e. The van der Waals surface area contributed by atoms with Crippen molar-refractivity contribution in [2.45, 2.75) is 0 Å². The molecule has 0 aromatic carbocycles. The van der Waals surface area contributed by atoms with Crippen LogP contribution in [-0.4, -0.2) is 139 Å². The van der Waals surface area contributed by atoms with Crippen LogP contribution in [0.2, 0.25) is 0 Å². The molecule has 0 spiro atoms. The molecule has 0 aromatic heterocycles. The lowest BCUT2D eigenvalue weighted by Gasteiger charge is -2.32. The van der Waals surface area contributed by atoms with Crippen molar-refractivity contribution < 1.29 is 29.7 Å². The summed E-state index contributed by atoms with van der Waals surface area (Å²) in [4.78, 5) is 40.8. The number of rotatable bonds is 7. The molecule has 1 aliphatic rings. The fourth-order valence-corrected chi connectivity index (χ4v) is 2.94. The summed E-state index contributed by atoms with van der Waals surface area (Å²) in [7, 11) is 2.02. The van der Waals surface area contributed by atoms with Gasteiger partial charge in [0.1, 0.15) is 7.85 Å². The van der Waals surface area contributed by atoms with E-state index in [1.54, 1.807) is 4.90 Å². The molecule has 3 N–H and O–H groups in total. The van der Waals surface area contributed by atoms with Crippen molar-refractivity contribution in [1.82, 2.24) is 19.6 Å². The molecule has 0 aromatic rings. The molecule has 0 atom stereocenters. The SMILES string of the molecule is BCN1CCN(CC(=O)O)CCN(CC(=O)O)CCN(CC(=O)O)CC1. The van der Waals surface area contributed by atoms with E-state index < -0.39 is 17.9 Å². The van der Waals surface area contributed by atoms with E-state index in [0.29, 0.717) is 52.4 Å². The molecule has 1 heterocycles. The molecular weight excluding hydrogens is 343 g/mol. The maximum absolute atomic E-state index is 11.1. The third-order valence-corrected chi connectivity index (χ3v) is 4.45. The number of aliphatic carboxylic acids is 3. The Bertz CT molecular complexity index is 449. The third-order valence-electron chi connectivity index (χ3n) is 4.45. The van der Waals surface area contributed by atoms with Gasteiger partial charge in [-0.2, -0.15) is 0 Å². The molecule has 148 valence electrons. The van der Waals surface area contributed by atoms with E-state index in [1.165, 1.54) is 0 Å². The highest BCUT2D eigenvalue weighted by Crippen LogP contribution is 2.00. The zero-order valence-electron chi connectivity index (χ0n) is 15.3. The van der Waals surface area contributed by atoms with E-state index in [1.807, 2.05) is 17.6 Å². The van der Waals surface area contributed by atoms with Gasteiger partial charge in [0.15, 0.2) is 0 Å². The van der Waals surface area contributed by atoms with Crippen molar-refractivity contribution in [2.24, 2.45) is 0 Å². The van der Waals surface area contributed by atoms with Gasteiger partial charge in [0.25, 0.3) is 0 Å². The molecular formula is C15H29BN4O6. The fourth-order valence-electron chi connectivity index (χ4n) is 2.94. The van der Waals surface area contributed by atoms with Crippen molar-refractivity contribution in [3.63, 3.8) is 0 Å². The van der Waals surface area contributed by atoms with Gasteiger partial charge in [-0.05, 0) is 6.44 Å². The summed E-state index contributed by atoms with van der Waals surface area (Å²) < 4.78 is 0. The lowest BCUT2D eigenvalue weighted by atomic mass is 10.1. The third kappa shape index (κ3) is 9.71. The van der Waals surface area contributed by atoms with Crippen LogP contribution in [-0.2, 0) is 14.4 Å². The summed E-state index contributed by atoms with van der Waals surface area (Å²) in [6.07, 6.45) is 0.799. The van der Waals surface area contributed by atoms with E-state index in [0.717, 1.165) is 6.44 Å². The van der Waals surface area contributed by atoms with Crippen LogP contribution in [0.4, 0.5) is 0 Å². The highest BCUT2D eigenvalue weighted by atomic mass is 16.4. The minimum absolute atomic E-state index is 0.0798. The second-order valence-corrected chi connectivity index (χ2v) is 6.44. The fraction of sp³-hybridized carbons (Fsp3) is 0.800. The summed E-state index contributed by atoms with van der Waals surface area (Å²) >= 11 is 0. The maximum Gasteiger partial charge on any atom is 0.317 e. The predicted octanol–water partition coefficient (Wildman–Crippen LogP) is -2.95. The molecule has 0 bridgehead atoms. The van der Waals surface area contributed by atoms with Gasteiger partial charge >= 0.3 is 17.9 Å². The quantitative estimate of drug-likeness (QED) is 0.400. The predicted molar refractivity (Wildman–Crippen MR) is 97.2 cm³/mol. The van der Waals surface area contributed by atoms with Gasteiger partial charge in [0, 0.05) is 52.4 Å². The van der Waals surface area contributed by atoms with Gasteiger partial charge < -0.3 is 20.2 Å². The maximum atomic E-state index is 11.1. The summed E-state index contributed by atoms with van der Waals surface area (Å²) in [5.41, 5.74) is 0. The van der Waals surface area contributed by atoms with Crippen LogP contribution in [0.5, 0.6) is 0 Å². The Morgan fingerprint density at radius 2 is 0.808 bits per heavy atom. The van der Waals surface area contributed by atoms with Crippen LogP contribution >= 0.6 is 0 Å². The van der Waals surface area contributed by atoms with E-state index in [-0.39, 0.29) is 19.6 Å². The number of carbonyl (C=O) groups is 3. The van der Waals surface area contributed by atoms with Crippen molar-refractivity contribution in [2.75, 3.05) is 78.4 Å². The van der Waals surface area contributed by atoms with E-state index >= 15 is 0 Å². The molecule has 10 nitrogen and oxygen atoms in total. The first-order valence-corrected chi connectivity index (χ1v) is 8.85. The lowest BCUT2D eigenvalue weighted by molar-refractivity contribution is -0.140. The zero-order chi connectivity index (χ0) is 19.5. The van der Waals surface area contributed by atoms with Crippen molar-refractivity contribution in [3.05, 3.63) is 0 Å². The van der Waals surface area contributed by atoms with Crippen molar-refractivity contribution >= 4 is 25.8 Å². The first kappa shape index (κ1) is 22.4. The highest BCUT2D eigenvalue weighted by molar-refractivity contribution is 6.08. The van der Waals surface area contributed by atoms with Gasteiger partial charge in [0.2, 0.25) is 0 Å². The topological polar surface area (TPSA) is 125 Å². The number of hydrogen-bond acceptors (Lipinski definition) is 7. The number of carboxylic acids is 3. The van der Waals surface area contributed by atoms with Gasteiger partial charge in [-0.15, -0.1) is 0 Å². The summed E-state index contributed by atoms with van der Waals surface area (Å²) in [5.74, 6) is -2.76. The smallest absolute Gasteiger partial charge is 0.317 e. The second-order valence-electron chi connectivity index (χ2n) is 6.44. The number of hydrogen-bond donors (Lipinski definition) is 3. The van der Waals surface area contributed by atoms with Crippen LogP contribution in [0, 0.1) is 0 Å². The molecule has 0 radical (unpaired) electrons. The molecule has 1 rings (SSSR count). The van der Waals surface area contributed by atoms with E-state index in [2.05, 4.69) is 4.90 Å². The standard InChI is InChI=1S/C15H29BN4O6/c16-12-20-7-5-18(10-14(23)24)3-1-17(9-13(21)22)2-4-19(6-8-20)11-15(25)26/h1-12,16H2,(H,21,22)(H,23,24)(H,25,26). The molecule has 1 fully saturated rings. The number of nitrogens with zero attached hydrogens (tertiary/aromatic N) is 4. The molecule has 0 unspecified atom stereocenters. The first-order chi connectivity index (χ1) is 12.3. The van der Waals surface area contributed by atoms with Crippen LogP contribution in [0.3, 0.4) is 0 Å². The molecule has 1 saturated heterocycles. The summed E-state index contributed by atoms with van der Waals surface area (Å²) in [6.45, 7) is 3.95. The monoisotopic (exact) mass is 372 g/mol. The highest BCUT2D eigenvalue weighted by Gasteiger charge is 2.19. The Morgan fingerprint density at radius 3 is 1.00 bits per heavy atom. The van der Waals surface area contributed by atoms with Gasteiger partial charge in [-0.3, -0.25) is 29.1 Å².